The van der Waals surface area contributed by atoms with Gasteiger partial charge in [0.05, 0.1) is 32.1 Å². The van der Waals surface area contributed by atoms with Crippen molar-refractivity contribution in [3.63, 3.8) is 0 Å². The van der Waals surface area contributed by atoms with E-state index >= 15 is 0 Å². The monoisotopic (exact) mass is 458 g/mol. The van der Waals surface area contributed by atoms with Crippen LogP contribution in [0.1, 0.15) is 18.1 Å². The van der Waals surface area contributed by atoms with Gasteiger partial charge in [0, 0.05) is 5.69 Å². The zero-order valence-electron chi connectivity index (χ0n) is 19.5. The highest BCUT2D eigenvalue weighted by molar-refractivity contribution is 6.46. The minimum atomic E-state index is -0.437. The first-order chi connectivity index (χ1) is 16.5. The maximum atomic E-state index is 13.6. The minimum absolute atomic E-state index is 0.182. The Bertz CT molecular complexity index is 1250. The van der Waals surface area contributed by atoms with Crippen LogP contribution in [0.4, 0.5) is 11.4 Å². The Labute approximate surface area is 198 Å². The summed E-state index contributed by atoms with van der Waals surface area (Å²) in [4.78, 5) is 28.3. The number of carbonyl (C=O) groups excluding carboxylic acids is 2. The van der Waals surface area contributed by atoms with Crippen molar-refractivity contribution in [3.05, 3.63) is 83.6 Å². The van der Waals surface area contributed by atoms with Gasteiger partial charge in [0.25, 0.3) is 11.8 Å². The summed E-state index contributed by atoms with van der Waals surface area (Å²) in [6.07, 6.45) is 0. The van der Waals surface area contributed by atoms with E-state index < -0.39 is 11.8 Å². The lowest BCUT2D eigenvalue weighted by Crippen LogP contribution is -2.32. The molecule has 7 nitrogen and oxygen atoms in total. The number of rotatable bonds is 8. The fourth-order valence-electron chi connectivity index (χ4n) is 3.78. The number of ether oxygens (including phenoxy) is 3. The molecule has 0 unspecified atom stereocenters. The number of anilines is 2. The average Bonchev–Trinajstić information content (AvgIpc) is 3.09. The van der Waals surface area contributed by atoms with Gasteiger partial charge >= 0.3 is 0 Å². The molecule has 3 aromatic rings. The van der Waals surface area contributed by atoms with Crippen LogP contribution < -0.4 is 24.4 Å². The number of hydrogen-bond donors (Lipinski definition) is 1. The molecule has 1 aliphatic rings. The summed E-state index contributed by atoms with van der Waals surface area (Å²) in [5.74, 6) is 0.848. The van der Waals surface area contributed by atoms with Crippen LogP contribution in [0, 0.1) is 6.92 Å². The summed E-state index contributed by atoms with van der Waals surface area (Å²) >= 11 is 0. The summed E-state index contributed by atoms with van der Waals surface area (Å²) < 4.78 is 16.2. The number of aryl methyl sites for hydroxylation is 1. The molecule has 1 heterocycles. The molecule has 174 valence electrons. The molecule has 2 amide bonds. The van der Waals surface area contributed by atoms with Gasteiger partial charge in [-0.3, -0.25) is 9.59 Å². The topological polar surface area (TPSA) is 77.1 Å². The Kier molecular flexibility index (Phi) is 6.54. The molecule has 4 rings (SSSR count). The largest absolute Gasteiger partial charge is 0.494 e. The lowest BCUT2D eigenvalue weighted by Gasteiger charge is -2.16. The van der Waals surface area contributed by atoms with Crippen molar-refractivity contribution in [2.45, 2.75) is 13.8 Å². The van der Waals surface area contributed by atoms with Gasteiger partial charge in [0.15, 0.2) is 11.5 Å². The Balaban J connectivity index is 1.80. The van der Waals surface area contributed by atoms with E-state index in [0.29, 0.717) is 35.0 Å². The maximum Gasteiger partial charge on any atom is 0.282 e. The highest BCUT2D eigenvalue weighted by Gasteiger charge is 2.40. The van der Waals surface area contributed by atoms with Crippen molar-refractivity contribution in [2.75, 3.05) is 31.0 Å². The van der Waals surface area contributed by atoms with Gasteiger partial charge in [-0.15, -0.1) is 0 Å². The molecule has 0 saturated carbocycles. The first-order valence-electron chi connectivity index (χ1n) is 10.9. The van der Waals surface area contributed by atoms with Crippen molar-refractivity contribution in [1.82, 2.24) is 0 Å². The standard InChI is InChI=1S/C27H26N2O5/c1-5-34-21-13-9-19(10-14-21)28-25-24(18-8-15-22(32-3)23(16-18)33-4)26(30)29(27(25)31)20-11-6-17(2)7-12-20/h6-16,28H,5H2,1-4H3. The average molecular weight is 459 g/mol. The van der Waals surface area contributed by atoms with E-state index in [0.717, 1.165) is 11.3 Å². The second-order valence-corrected chi connectivity index (χ2v) is 7.68. The fraction of sp³-hybridized carbons (Fsp3) is 0.185. The molecule has 0 bridgehead atoms. The molecular formula is C27H26N2O5. The molecule has 0 atom stereocenters. The third-order valence-electron chi connectivity index (χ3n) is 5.48. The van der Waals surface area contributed by atoms with Crippen molar-refractivity contribution in [1.29, 1.82) is 0 Å². The van der Waals surface area contributed by atoms with E-state index in [-0.39, 0.29) is 11.3 Å². The number of nitrogens with zero attached hydrogens (tertiary/aromatic N) is 1. The van der Waals surface area contributed by atoms with Crippen LogP contribution in [0.5, 0.6) is 17.2 Å². The molecule has 0 aliphatic carbocycles. The summed E-state index contributed by atoms with van der Waals surface area (Å²) in [5.41, 5.74) is 3.16. The van der Waals surface area contributed by atoms with Crippen LogP contribution in [-0.2, 0) is 9.59 Å². The van der Waals surface area contributed by atoms with Gasteiger partial charge in [0.1, 0.15) is 11.4 Å². The van der Waals surface area contributed by atoms with E-state index in [1.54, 1.807) is 49.6 Å². The number of imide groups is 1. The number of carbonyl (C=O) groups is 2. The Morgan fingerprint density at radius 2 is 1.50 bits per heavy atom. The SMILES string of the molecule is CCOc1ccc(NC2=C(c3ccc(OC)c(OC)c3)C(=O)N(c3ccc(C)cc3)C2=O)cc1. The number of amides is 2. The Morgan fingerprint density at radius 1 is 0.824 bits per heavy atom. The molecule has 7 heteroatoms. The molecule has 3 aromatic carbocycles. The Hall–Kier alpha value is -4.26. The van der Waals surface area contributed by atoms with E-state index in [2.05, 4.69) is 5.32 Å². The summed E-state index contributed by atoms with van der Waals surface area (Å²) in [5, 5.41) is 3.16. The second-order valence-electron chi connectivity index (χ2n) is 7.68. The van der Waals surface area contributed by atoms with Crippen LogP contribution in [-0.4, -0.2) is 32.6 Å². The zero-order chi connectivity index (χ0) is 24.2. The first kappa shape index (κ1) is 22.9. The van der Waals surface area contributed by atoms with Crippen molar-refractivity contribution < 1.29 is 23.8 Å². The lowest BCUT2D eigenvalue weighted by atomic mass is 10.0. The van der Waals surface area contributed by atoms with E-state index in [1.807, 2.05) is 38.1 Å². The van der Waals surface area contributed by atoms with Gasteiger partial charge in [0.2, 0.25) is 0 Å². The van der Waals surface area contributed by atoms with Crippen LogP contribution in [0.15, 0.2) is 72.4 Å². The quantitative estimate of drug-likeness (QED) is 0.489. The molecule has 0 saturated heterocycles. The number of benzene rings is 3. The second kappa shape index (κ2) is 9.70. The molecular weight excluding hydrogens is 432 g/mol. The lowest BCUT2D eigenvalue weighted by molar-refractivity contribution is -0.120. The van der Waals surface area contributed by atoms with Crippen LogP contribution in [0.3, 0.4) is 0 Å². The van der Waals surface area contributed by atoms with E-state index in [9.17, 15) is 9.59 Å². The highest BCUT2D eigenvalue weighted by atomic mass is 16.5. The number of methoxy groups -OCH3 is 2. The third kappa shape index (κ3) is 4.32. The number of hydrogen-bond acceptors (Lipinski definition) is 6. The first-order valence-corrected chi connectivity index (χ1v) is 10.9. The zero-order valence-corrected chi connectivity index (χ0v) is 19.5. The minimum Gasteiger partial charge on any atom is -0.494 e. The molecule has 1 N–H and O–H groups in total. The normalized spacial score (nSPS) is 13.4. The highest BCUT2D eigenvalue weighted by Crippen LogP contribution is 2.37. The van der Waals surface area contributed by atoms with Crippen molar-refractivity contribution in [3.8, 4) is 17.2 Å². The molecule has 0 spiro atoms. The molecule has 1 aliphatic heterocycles. The predicted molar refractivity (Wildman–Crippen MR) is 131 cm³/mol. The van der Waals surface area contributed by atoms with Crippen LogP contribution in [0.2, 0.25) is 0 Å². The fourth-order valence-corrected chi connectivity index (χ4v) is 3.78. The maximum absolute atomic E-state index is 13.6. The van der Waals surface area contributed by atoms with Gasteiger partial charge in [-0.05, 0) is 67.9 Å². The molecule has 0 radical (unpaired) electrons. The third-order valence-corrected chi connectivity index (χ3v) is 5.48. The summed E-state index contributed by atoms with van der Waals surface area (Å²) in [7, 11) is 3.06. The summed E-state index contributed by atoms with van der Waals surface area (Å²) in [6.45, 7) is 4.42. The van der Waals surface area contributed by atoms with Gasteiger partial charge in [-0.25, -0.2) is 4.90 Å². The van der Waals surface area contributed by atoms with Gasteiger partial charge in [-0.1, -0.05) is 23.8 Å². The molecule has 0 aromatic heterocycles. The number of nitrogens with one attached hydrogen (secondary N) is 1. The predicted octanol–water partition coefficient (Wildman–Crippen LogP) is 4.81. The van der Waals surface area contributed by atoms with E-state index in [4.69, 9.17) is 14.2 Å². The molecule has 0 fully saturated rings. The van der Waals surface area contributed by atoms with Crippen LogP contribution >= 0.6 is 0 Å². The van der Waals surface area contributed by atoms with Crippen molar-refractivity contribution >= 4 is 28.8 Å². The molecule has 34 heavy (non-hydrogen) atoms. The van der Waals surface area contributed by atoms with E-state index in [1.165, 1.54) is 12.0 Å². The van der Waals surface area contributed by atoms with Gasteiger partial charge < -0.3 is 19.5 Å². The van der Waals surface area contributed by atoms with Crippen molar-refractivity contribution in [2.24, 2.45) is 0 Å². The Morgan fingerprint density at radius 3 is 2.12 bits per heavy atom. The van der Waals surface area contributed by atoms with Gasteiger partial charge in [-0.2, -0.15) is 0 Å². The summed E-state index contributed by atoms with van der Waals surface area (Å²) in [6, 6.07) is 19.6. The smallest absolute Gasteiger partial charge is 0.282 e. The van der Waals surface area contributed by atoms with Crippen LogP contribution in [0.25, 0.3) is 5.57 Å².